The van der Waals surface area contributed by atoms with Gasteiger partial charge in [-0.05, 0) is 0 Å². The van der Waals surface area contributed by atoms with E-state index in [0.29, 0.717) is 0 Å². The smallest absolute Gasteiger partial charge is 0.162 e. The molecule has 0 spiro atoms. The molecule has 0 saturated heterocycles. The van der Waals surface area contributed by atoms with Gasteiger partial charge in [-0.3, -0.25) is 0 Å². The van der Waals surface area contributed by atoms with Crippen LogP contribution in [0, 0.1) is 6.68 Å². The van der Waals surface area contributed by atoms with E-state index >= 15 is 0 Å². The topological polar surface area (TPSA) is 0 Å². The van der Waals surface area contributed by atoms with Crippen molar-refractivity contribution in [2.75, 3.05) is 0 Å². The Labute approximate surface area is 21.2 Å². The fourth-order valence-corrected chi connectivity index (χ4v) is 0. The SMILES string of the molecule is F[C](F)F.[Rf]. The third-order valence-corrected chi connectivity index (χ3v) is 0. The number of halogens is 3. The van der Waals surface area contributed by atoms with E-state index in [4.69, 9.17) is 0 Å². The predicted molar refractivity (Wildman–Crippen MR) is 6.57 cm³/mol. The third kappa shape index (κ3) is 1.19. The summed E-state index contributed by atoms with van der Waals surface area (Å²) in [5, 5.41) is 0. The van der Waals surface area contributed by atoms with Gasteiger partial charge in [-0.1, -0.05) is 0 Å². The van der Waals surface area contributed by atoms with Crippen molar-refractivity contribution in [3.63, 3.8) is 0 Å². The standard InChI is InChI=1S/CF3.Rf/c2-1(3)4;. The van der Waals surface area contributed by atoms with Crippen molar-refractivity contribution in [3.8, 4) is 0 Å². The van der Waals surface area contributed by atoms with Crippen molar-refractivity contribution in [1.82, 2.24) is 0 Å². The molecule has 5 heavy (non-hydrogen) atoms. The van der Waals surface area contributed by atoms with Crippen LogP contribution in [0.2, 0.25) is 0 Å². The summed E-state index contributed by atoms with van der Waals surface area (Å²) in [6.45, 7) is -3.08. The van der Waals surface area contributed by atoms with Gasteiger partial charge in [0.2, 0.25) is 0 Å². The molecular weight excluding hydrogens is 336 g/mol. The van der Waals surface area contributed by atoms with E-state index < -0.39 is 6.68 Å². The zero-order valence-electron chi connectivity index (χ0n) is 2.34. The van der Waals surface area contributed by atoms with Crippen molar-refractivity contribution in [1.29, 1.82) is 0 Å². The molecule has 0 aliphatic carbocycles. The van der Waals surface area contributed by atoms with Gasteiger partial charge in [0.1, 0.15) is 0 Å². The summed E-state index contributed by atoms with van der Waals surface area (Å²) in [4.78, 5) is 0. The molecule has 0 N–H and O–H groups in total. The minimum absolute atomic E-state index is 0. The van der Waals surface area contributed by atoms with Gasteiger partial charge in [0.15, 0.2) is 0 Å². The summed E-state index contributed by atoms with van der Waals surface area (Å²) in [7, 11) is 0. The van der Waals surface area contributed by atoms with Crippen LogP contribution in [-0.2, 0) is 0 Å². The molecule has 0 rings (SSSR count). The maximum absolute atomic E-state index is 9.58. The van der Waals surface area contributed by atoms with Gasteiger partial charge in [0.05, 0.1) is 0 Å². The zero-order chi connectivity index (χ0) is 3.58. The Morgan fingerprint density at radius 3 is 1.00 bits per heavy atom. The molecule has 0 heterocycles. The summed E-state index contributed by atoms with van der Waals surface area (Å²) >= 11 is 0. The van der Waals surface area contributed by atoms with Crippen LogP contribution >= 0.6 is 0 Å². The van der Waals surface area contributed by atoms with Crippen molar-refractivity contribution in [2.24, 2.45) is 0 Å². The van der Waals surface area contributed by atoms with Gasteiger partial charge >= 0.3 is 6.68 Å². The van der Waals surface area contributed by atoms with Crippen LogP contribution in [0.25, 0.3) is 0 Å². The molecule has 0 aliphatic heterocycles. The molecule has 0 aromatic heterocycles. The van der Waals surface area contributed by atoms with Crippen LogP contribution in [0.5, 0.6) is 0 Å². The monoisotopic (exact) mass is 336 g/mol. The van der Waals surface area contributed by atoms with E-state index in [1.807, 2.05) is 0 Å². The molecule has 0 nitrogen and oxygen atoms in total. The Morgan fingerprint density at radius 1 is 1.00 bits per heavy atom. The summed E-state index contributed by atoms with van der Waals surface area (Å²) < 4.78 is 28.8. The van der Waals surface area contributed by atoms with E-state index in [2.05, 4.69) is 0 Å². The normalized spacial score (nSPS) is 7.20. The Kier molecular flexibility index (Phi) is 5.14. The first kappa shape index (κ1) is 9.21. The fourth-order valence-electron chi connectivity index (χ4n) is 0. The summed E-state index contributed by atoms with van der Waals surface area (Å²) in [5.41, 5.74) is 0. The van der Waals surface area contributed by atoms with Crippen LogP contribution in [0.15, 0.2) is 0 Å². The van der Waals surface area contributed by atoms with Crippen LogP contribution in [0.3, 0.4) is 0 Å². The molecule has 0 atom stereocenters. The van der Waals surface area contributed by atoms with E-state index in [9.17, 15) is 13.2 Å². The molecule has 1 radical (unpaired) electrons. The van der Waals surface area contributed by atoms with E-state index in [1.165, 1.54) is 0 Å². The quantitative estimate of drug-likeness (QED) is 0.627. The van der Waals surface area contributed by atoms with Gasteiger partial charge in [-0.25, -0.2) is 0 Å². The number of hydrogen-bond acceptors (Lipinski definition) is 0. The molecule has 0 amide bonds. The van der Waals surface area contributed by atoms with Crippen LogP contribution in [-0.4, -0.2) is 0 Å². The second-order valence-electron chi connectivity index (χ2n) is 0.214. The predicted octanol–water partition coefficient (Wildman–Crippen LogP) is 1.34. The van der Waals surface area contributed by atoms with Crippen molar-refractivity contribution in [2.45, 2.75) is 0 Å². The van der Waals surface area contributed by atoms with Gasteiger partial charge in [-0.2, -0.15) is 13.2 Å². The van der Waals surface area contributed by atoms with E-state index in [1.54, 1.807) is 0 Å². The Morgan fingerprint density at radius 2 is 1.00 bits per heavy atom. The molecule has 27 valence electrons. The van der Waals surface area contributed by atoms with Crippen molar-refractivity contribution < 1.29 is 13.2 Å². The average Bonchev–Trinajstić information content (AvgIpc) is 0.811. The van der Waals surface area contributed by atoms with E-state index in [-0.39, 0.29) is 0 Å². The zero-order valence-corrected chi connectivity index (χ0v) is 8.74. The Hall–Kier alpha value is -1.21. The minimum Gasteiger partial charge on any atom is -0.162 e. The largest absolute Gasteiger partial charge is 0.487 e. The molecule has 0 aliphatic rings. The summed E-state index contributed by atoms with van der Waals surface area (Å²) in [6.07, 6.45) is 0. The first-order chi connectivity index (χ1) is 1.73. The van der Waals surface area contributed by atoms with Crippen molar-refractivity contribution >= 4 is 0 Å². The van der Waals surface area contributed by atoms with Crippen molar-refractivity contribution in [3.05, 3.63) is 6.68 Å². The van der Waals surface area contributed by atoms with Crippen LogP contribution < -0.4 is 0 Å². The van der Waals surface area contributed by atoms with E-state index in [0.717, 1.165) is 0 Å². The van der Waals surface area contributed by atoms with Crippen LogP contribution in [0.4, 0.5) is 13.2 Å². The Bertz CT molecular complexity index is 11.6. The fraction of sp³-hybridized carbons (Fsp3) is 0. The molecule has 0 aromatic carbocycles. The maximum Gasteiger partial charge on any atom is 0.487 e. The molecular formula is CF3Rf. The molecule has 0 unspecified atom stereocenters. The summed E-state index contributed by atoms with van der Waals surface area (Å²) in [5.74, 6) is 0. The van der Waals surface area contributed by atoms with Gasteiger partial charge in [0.25, 0.3) is 0 Å². The Balaban J connectivity index is 0. The van der Waals surface area contributed by atoms with Gasteiger partial charge < -0.3 is 0 Å². The second kappa shape index (κ2) is 2.79. The second-order valence-corrected chi connectivity index (χ2v) is 0.214. The first-order valence-corrected chi connectivity index (χ1v) is 0.567. The summed E-state index contributed by atoms with van der Waals surface area (Å²) in [6, 6.07) is 0. The molecule has 0 bridgehead atoms. The third-order valence-electron chi connectivity index (χ3n) is 0. The number of hydrogen-bond donors (Lipinski definition) is 0. The average molecular weight is 336 g/mol. The maximum atomic E-state index is 9.58. The first-order valence-electron chi connectivity index (χ1n) is 0.567. The number of rotatable bonds is 0. The van der Waals surface area contributed by atoms with Crippen LogP contribution in [0.1, 0.15) is 0 Å². The minimum atomic E-state index is -3.08. The van der Waals surface area contributed by atoms with Gasteiger partial charge in [0, 0.05) is 0 Å². The molecule has 4 heteroatoms. The molecule has 0 fully saturated rings. The van der Waals surface area contributed by atoms with Gasteiger partial charge in [-0.15, -0.1) is 0 Å². The molecule has 0 aromatic rings. The molecule has 0 saturated carbocycles.